The number of hydrogen-bond acceptors (Lipinski definition) is 6. The summed E-state index contributed by atoms with van der Waals surface area (Å²) in [4.78, 5) is 20.5. The first kappa shape index (κ1) is 14.9. The maximum atomic E-state index is 12.0. The Hall–Kier alpha value is -3.68. The minimum atomic E-state index is -0.424. The van der Waals surface area contributed by atoms with Crippen LogP contribution >= 0.6 is 0 Å². The van der Waals surface area contributed by atoms with Gasteiger partial charge in [-0.2, -0.15) is 9.50 Å². The molecule has 0 atom stereocenters. The second-order valence-corrected chi connectivity index (χ2v) is 5.14. The largest absolute Gasteiger partial charge is 0.497 e. The molecule has 0 saturated carbocycles. The highest BCUT2D eigenvalue weighted by atomic mass is 16.5. The molecular formula is C17H13N5O3. The van der Waals surface area contributed by atoms with Crippen molar-refractivity contribution in [3.8, 4) is 17.0 Å². The van der Waals surface area contributed by atoms with Crippen LogP contribution in [0.5, 0.6) is 5.75 Å². The van der Waals surface area contributed by atoms with Gasteiger partial charge in [0.25, 0.3) is 17.6 Å². The third kappa shape index (κ3) is 2.80. The summed E-state index contributed by atoms with van der Waals surface area (Å²) in [6, 6.07) is 12.6. The van der Waals surface area contributed by atoms with Gasteiger partial charge in [-0.3, -0.25) is 10.1 Å². The molecule has 0 saturated heterocycles. The Balaban J connectivity index is 1.69. The van der Waals surface area contributed by atoms with Crippen LogP contribution in [0, 0.1) is 0 Å². The number of hydrogen-bond donors (Lipinski definition) is 1. The van der Waals surface area contributed by atoms with Gasteiger partial charge in [0, 0.05) is 11.8 Å². The number of carbonyl (C=O) groups excluding carboxylic acids is 1. The van der Waals surface area contributed by atoms with Crippen molar-refractivity contribution >= 4 is 17.6 Å². The number of amides is 1. The number of nitrogens with zero attached hydrogens (tertiary/aromatic N) is 4. The Labute approximate surface area is 142 Å². The molecule has 4 rings (SSSR count). The number of carbonyl (C=O) groups is 1. The Kier molecular flexibility index (Phi) is 3.62. The average Bonchev–Trinajstić information content (AvgIpc) is 3.30. The fourth-order valence-electron chi connectivity index (χ4n) is 2.40. The van der Waals surface area contributed by atoms with Gasteiger partial charge in [0.1, 0.15) is 5.75 Å². The molecule has 1 aromatic carbocycles. The Morgan fingerprint density at radius 1 is 1.20 bits per heavy atom. The van der Waals surface area contributed by atoms with Gasteiger partial charge >= 0.3 is 0 Å². The molecule has 8 nitrogen and oxygen atoms in total. The fourth-order valence-corrected chi connectivity index (χ4v) is 2.40. The highest BCUT2D eigenvalue weighted by Crippen LogP contribution is 2.22. The van der Waals surface area contributed by atoms with Crippen molar-refractivity contribution in [1.29, 1.82) is 0 Å². The summed E-state index contributed by atoms with van der Waals surface area (Å²) in [6.45, 7) is 0. The molecular weight excluding hydrogens is 322 g/mol. The van der Waals surface area contributed by atoms with Crippen LogP contribution in [-0.4, -0.2) is 32.6 Å². The zero-order valence-electron chi connectivity index (χ0n) is 13.2. The number of furan rings is 1. The van der Waals surface area contributed by atoms with Crippen LogP contribution in [0.1, 0.15) is 10.6 Å². The van der Waals surface area contributed by atoms with Gasteiger partial charge in [0.2, 0.25) is 0 Å². The number of rotatable bonds is 4. The highest BCUT2D eigenvalue weighted by Gasteiger charge is 2.14. The predicted octanol–water partition coefficient (Wildman–Crippen LogP) is 2.65. The van der Waals surface area contributed by atoms with E-state index in [9.17, 15) is 4.79 Å². The van der Waals surface area contributed by atoms with Crippen LogP contribution in [0.15, 0.2) is 59.3 Å². The summed E-state index contributed by atoms with van der Waals surface area (Å²) in [5.41, 5.74) is 1.71. The van der Waals surface area contributed by atoms with E-state index < -0.39 is 5.91 Å². The molecule has 1 N–H and O–H groups in total. The monoisotopic (exact) mass is 335 g/mol. The standard InChI is InChI=1S/C17H13N5O3/c1-24-12-6-4-11(5-7-12)13-8-9-18-17-20-16(21-22(13)17)19-15(23)14-3-2-10-25-14/h2-10H,1H3,(H,19,21,23). The van der Waals surface area contributed by atoms with Gasteiger partial charge < -0.3 is 9.15 Å². The molecule has 0 fully saturated rings. The smallest absolute Gasteiger partial charge is 0.293 e. The molecule has 8 heteroatoms. The lowest BCUT2D eigenvalue weighted by Gasteiger charge is -2.04. The second kappa shape index (κ2) is 6.08. The van der Waals surface area contributed by atoms with Crippen LogP contribution < -0.4 is 10.1 Å². The minimum Gasteiger partial charge on any atom is -0.497 e. The minimum absolute atomic E-state index is 0.148. The van der Waals surface area contributed by atoms with Gasteiger partial charge in [-0.1, -0.05) is 0 Å². The lowest BCUT2D eigenvalue weighted by atomic mass is 10.1. The molecule has 0 spiro atoms. The Morgan fingerprint density at radius 2 is 2.04 bits per heavy atom. The molecule has 0 unspecified atom stereocenters. The third-order valence-corrected chi connectivity index (χ3v) is 3.60. The SMILES string of the molecule is COc1ccc(-c2ccnc3nc(NC(=O)c4ccco4)nn23)cc1. The van der Waals surface area contributed by atoms with Gasteiger partial charge in [-0.15, -0.1) is 5.10 Å². The first-order chi connectivity index (χ1) is 12.2. The summed E-state index contributed by atoms with van der Waals surface area (Å²) < 4.78 is 11.8. The average molecular weight is 335 g/mol. The summed E-state index contributed by atoms with van der Waals surface area (Å²) >= 11 is 0. The van der Waals surface area contributed by atoms with E-state index in [1.165, 1.54) is 6.26 Å². The summed E-state index contributed by atoms with van der Waals surface area (Å²) in [5.74, 6) is 1.05. The van der Waals surface area contributed by atoms with E-state index in [1.807, 2.05) is 30.3 Å². The molecule has 0 aliphatic carbocycles. The van der Waals surface area contributed by atoms with Crippen molar-refractivity contribution in [1.82, 2.24) is 19.6 Å². The van der Waals surface area contributed by atoms with Gasteiger partial charge in [0.15, 0.2) is 5.76 Å². The van der Waals surface area contributed by atoms with Crippen LogP contribution in [0.2, 0.25) is 0 Å². The van der Waals surface area contributed by atoms with Gasteiger partial charge in [-0.25, -0.2) is 4.98 Å². The molecule has 0 bridgehead atoms. The number of fused-ring (bicyclic) bond motifs is 1. The maximum Gasteiger partial charge on any atom is 0.293 e. The van der Waals surface area contributed by atoms with Crippen molar-refractivity contribution in [3.63, 3.8) is 0 Å². The third-order valence-electron chi connectivity index (χ3n) is 3.60. The fraction of sp³-hybridized carbons (Fsp3) is 0.0588. The highest BCUT2D eigenvalue weighted by molar-refractivity contribution is 6.01. The molecule has 0 aliphatic rings. The van der Waals surface area contributed by atoms with Crippen molar-refractivity contribution in [3.05, 3.63) is 60.7 Å². The van der Waals surface area contributed by atoms with E-state index in [0.717, 1.165) is 17.0 Å². The van der Waals surface area contributed by atoms with E-state index in [-0.39, 0.29) is 11.7 Å². The molecule has 3 heterocycles. The molecule has 0 radical (unpaired) electrons. The van der Waals surface area contributed by atoms with Crippen LogP contribution in [0.25, 0.3) is 17.0 Å². The Bertz CT molecular complexity index is 1020. The molecule has 25 heavy (non-hydrogen) atoms. The van der Waals surface area contributed by atoms with E-state index in [1.54, 1.807) is 30.0 Å². The second-order valence-electron chi connectivity index (χ2n) is 5.14. The predicted molar refractivity (Wildman–Crippen MR) is 89.4 cm³/mol. The van der Waals surface area contributed by atoms with Crippen molar-refractivity contribution in [2.24, 2.45) is 0 Å². The van der Waals surface area contributed by atoms with Crippen molar-refractivity contribution in [2.45, 2.75) is 0 Å². The zero-order valence-corrected chi connectivity index (χ0v) is 13.2. The number of ether oxygens (including phenoxy) is 1. The number of nitrogens with one attached hydrogen (secondary N) is 1. The number of anilines is 1. The quantitative estimate of drug-likeness (QED) is 0.616. The van der Waals surface area contributed by atoms with Crippen LogP contribution in [-0.2, 0) is 0 Å². The summed E-state index contributed by atoms with van der Waals surface area (Å²) in [5, 5.41) is 6.91. The lowest BCUT2D eigenvalue weighted by molar-refractivity contribution is 0.0996. The number of benzene rings is 1. The van der Waals surface area contributed by atoms with E-state index >= 15 is 0 Å². The lowest BCUT2D eigenvalue weighted by Crippen LogP contribution is -2.12. The normalized spacial score (nSPS) is 10.8. The van der Waals surface area contributed by atoms with E-state index in [0.29, 0.717) is 5.78 Å². The molecule has 0 aliphatic heterocycles. The topological polar surface area (TPSA) is 94.6 Å². The molecule has 4 aromatic rings. The Morgan fingerprint density at radius 3 is 2.76 bits per heavy atom. The first-order valence-electron chi connectivity index (χ1n) is 7.45. The molecule has 1 amide bonds. The summed E-state index contributed by atoms with van der Waals surface area (Å²) in [7, 11) is 1.62. The maximum absolute atomic E-state index is 12.0. The number of aromatic nitrogens is 4. The zero-order chi connectivity index (χ0) is 17.2. The molecule has 124 valence electrons. The van der Waals surface area contributed by atoms with Crippen LogP contribution in [0.4, 0.5) is 5.95 Å². The molecule has 3 aromatic heterocycles. The van der Waals surface area contributed by atoms with Gasteiger partial charge in [-0.05, 0) is 42.5 Å². The first-order valence-corrected chi connectivity index (χ1v) is 7.45. The van der Waals surface area contributed by atoms with E-state index in [4.69, 9.17) is 9.15 Å². The van der Waals surface area contributed by atoms with E-state index in [2.05, 4.69) is 20.4 Å². The van der Waals surface area contributed by atoms with Crippen molar-refractivity contribution < 1.29 is 13.9 Å². The van der Waals surface area contributed by atoms with Crippen LogP contribution in [0.3, 0.4) is 0 Å². The van der Waals surface area contributed by atoms with Gasteiger partial charge in [0.05, 0.1) is 19.1 Å². The summed E-state index contributed by atoms with van der Waals surface area (Å²) in [6.07, 6.45) is 3.07. The van der Waals surface area contributed by atoms with Crippen molar-refractivity contribution in [2.75, 3.05) is 12.4 Å². The number of methoxy groups -OCH3 is 1.